The molecule has 1 unspecified atom stereocenters. The van der Waals surface area contributed by atoms with E-state index in [1.54, 1.807) is 0 Å². The first-order valence-electron chi connectivity index (χ1n) is 7.43. The van der Waals surface area contributed by atoms with E-state index in [4.69, 9.17) is 13.3 Å². The molecular formula is C15H27NO3Si. The third-order valence-electron chi connectivity index (χ3n) is 2.78. The lowest BCUT2D eigenvalue weighted by Gasteiger charge is -2.32. The molecule has 0 saturated carbocycles. The van der Waals surface area contributed by atoms with E-state index >= 15 is 0 Å². The van der Waals surface area contributed by atoms with Crippen molar-refractivity contribution in [1.82, 2.24) is 0 Å². The predicted octanol–water partition coefficient (Wildman–Crippen LogP) is 3.88. The van der Waals surface area contributed by atoms with Crippen LogP contribution in [0.2, 0.25) is 6.04 Å². The molecule has 1 aromatic carbocycles. The van der Waals surface area contributed by atoms with Crippen LogP contribution in [-0.4, -0.2) is 28.2 Å². The van der Waals surface area contributed by atoms with E-state index in [1.807, 2.05) is 51.1 Å². The number of hydrogen-bond donors (Lipinski definition) is 1. The van der Waals surface area contributed by atoms with Crippen molar-refractivity contribution >= 4 is 14.5 Å². The predicted molar refractivity (Wildman–Crippen MR) is 84.7 cm³/mol. The summed E-state index contributed by atoms with van der Waals surface area (Å²) in [7, 11) is -2.57. The van der Waals surface area contributed by atoms with Crippen molar-refractivity contribution in [3.63, 3.8) is 0 Å². The molecule has 0 aliphatic rings. The summed E-state index contributed by atoms with van der Waals surface area (Å²) < 4.78 is 17.9. The van der Waals surface area contributed by atoms with Crippen molar-refractivity contribution in [2.24, 2.45) is 0 Å². The van der Waals surface area contributed by atoms with E-state index in [9.17, 15) is 0 Å². The van der Waals surface area contributed by atoms with Crippen LogP contribution < -0.4 is 5.32 Å². The molecule has 1 aromatic rings. The Bertz CT molecular complexity index is 344. The fourth-order valence-electron chi connectivity index (χ4n) is 2.13. The highest BCUT2D eigenvalue weighted by Crippen LogP contribution is 2.20. The first-order valence-corrected chi connectivity index (χ1v) is 9.36. The van der Waals surface area contributed by atoms with Crippen molar-refractivity contribution < 1.29 is 13.3 Å². The lowest BCUT2D eigenvalue weighted by atomic mass is 10.3. The highest BCUT2D eigenvalue weighted by molar-refractivity contribution is 6.60. The lowest BCUT2D eigenvalue weighted by molar-refractivity contribution is 0.0468. The molecule has 1 N–H and O–H groups in total. The average molecular weight is 297 g/mol. The van der Waals surface area contributed by atoms with Gasteiger partial charge in [0.15, 0.2) is 0 Å². The molecular weight excluding hydrogens is 270 g/mol. The Morgan fingerprint density at radius 1 is 1.05 bits per heavy atom. The summed E-state index contributed by atoms with van der Waals surface area (Å²) in [5, 5.41) is 3.32. The third kappa shape index (κ3) is 5.62. The Morgan fingerprint density at radius 3 is 2.15 bits per heavy atom. The highest BCUT2D eigenvalue weighted by Gasteiger charge is 2.41. The molecule has 5 heteroatoms. The van der Waals surface area contributed by atoms with Crippen LogP contribution >= 0.6 is 0 Å². The van der Waals surface area contributed by atoms with Crippen LogP contribution in [0, 0.1) is 0 Å². The summed E-state index contributed by atoms with van der Waals surface area (Å²) >= 11 is 0. The molecule has 114 valence electrons. The minimum absolute atomic E-state index is 0.145. The van der Waals surface area contributed by atoms with Crippen molar-refractivity contribution in [1.29, 1.82) is 0 Å². The molecule has 0 fully saturated rings. The van der Waals surface area contributed by atoms with Crippen LogP contribution in [0.3, 0.4) is 0 Å². The van der Waals surface area contributed by atoms with Crippen LogP contribution in [0.1, 0.15) is 34.1 Å². The van der Waals surface area contributed by atoms with E-state index in [1.165, 1.54) is 0 Å². The van der Waals surface area contributed by atoms with E-state index in [0.29, 0.717) is 13.2 Å². The summed E-state index contributed by atoms with van der Waals surface area (Å²) in [6, 6.07) is 10.9. The van der Waals surface area contributed by atoms with Gasteiger partial charge < -0.3 is 18.6 Å². The minimum atomic E-state index is -2.57. The number of benzene rings is 1. The molecule has 0 bridgehead atoms. The Morgan fingerprint density at radius 2 is 1.65 bits per heavy atom. The maximum atomic E-state index is 6.15. The molecule has 20 heavy (non-hydrogen) atoms. The Kier molecular flexibility index (Phi) is 7.83. The van der Waals surface area contributed by atoms with Crippen LogP contribution in [0.4, 0.5) is 5.69 Å². The van der Waals surface area contributed by atoms with Gasteiger partial charge in [-0.05, 0) is 32.9 Å². The SMILES string of the molecule is CCC[Si](OCC)(OCC)OC(C)Nc1ccccc1. The van der Waals surface area contributed by atoms with Gasteiger partial charge >= 0.3 is 8.80 Å². The second-order valence-corrected chi connectivity index (χ2v) is 7.25. The maximum Gasteiger partial charge on any atom is 0.502 e. The number of para-hydroxylation sites is 1. The molecule has 0 aliphatic heterocycles. The van der Waals surface area contributed by atoms with Gasteiger partial charge in [-0.1, -0.05) is 31.5 Å². The number of rotatable bonds is 10. The Hall–Kier alpha value is -0.883. The van der Waals surface area contributed by atoms with Crippen molar-refractivity contribution in [2.45, 2.75) is 46.4 Å². The molecule has 0 aliphatic carbocycles. The summed E-state index contributed by atoms with van der Waals surface area (Å²) in [6.07, 6.45) is 0.846. The molecule has 0 radical (unpaired) electrons. The molecule has 0 spiro atoms. The van der Waals surface area contributed by atoms with E-state index in [2.05, 4.69) is 12.2 Å². The second kappa shape index (κ2) is 9.13. The summed E-state index contributed by atoms with van der Waals surface area (Å²) in [5.74, 6) is 0. The zero-order chi connectivity index (χ0) is 14.8. The topological polar surface area (TPSA) is 39.7 Å². The average Bonchev–Trinajstić information content (AvgIpc) is 2.40. The zero-order valence-electron chi connectivity index (χ0n) is 13.0. The van der Waals surface area contributed by atoms with Gasteiger partial charge in [0.05, 0.1) is 0 Å². The van der Waals surface area contributed by atoms with E-state index in [-0.39, 0.29) is 6.23 Å². The monoisotopic (exact) mass is 297 g/mol. The van der Waals surface area contributed by atoms with Gasteiger partial charge in [0, 0.05) is 24.9 Å². The molecule has 1 rings (SSSR count). The molecule has 0 saturated heterocycles. The Balaban J connectivity index is 2.67. The maximum absolute atomic E-state index is 6.15. The fraction of sp³-hybridized carbons (Fsp3) is 0.600. The van der Waals surface area contributed by atoms with Crippen molar-refractivity contribution in [3.05, 3.63) is 30.3 Å². The second-order valence-electron chi connectivity index (χ2n) is 4.57. The van der Waals surface area contributed by atoms with Gasteiger partial charge in [0.1, 0.15) is 6.23 Å². The van der Waals surface area contributed by atoms with Crippen LogP contribution in [0.15, 0.2) is 30.3 Å². The van der Waals surface area contributed by atoms with Crippen LogP contribution in [0.25, 0.3) is 0 Å². The first kappa shape index (κ1) is 17.2. The Labute approximate surface area is 123 Å². The molecule has 4 nitrogen and oxygen atoms in total. The standard InChI is InChI=1S/C15H27NO3Si/c1-5-13-20(17-6-2,18-7-3)19-14(4)16-15-11-9-8-10-12-15/h8-12,14,16H,5-7,13H2,1-4H3. The summed E-state index contributed by atoms with van der Waals surface area (Å²) in [4.78, 5) is 0. The van der Waals surface area contributed by atoms with Crippen molar-refractivity contribution in [3.8, 4) is 0 Å². The largest absolute Gasteiger partial charge is 0.502 e. The number of nitrogens with one attached hydrogen (secondary N) is 1. The highest BCUT2D eigenvalue weighted by atomic mass is 28.4. The van der Waals surface area contributed by atoms with Gasteiger partial charge in [-0.2, -0.15) is 0 Å². The van der Waals surface area contributed by atoms with Crippen LogP contribution in [-0.2, 0) is 13.3 Å². The molecule has 0 amide bonds. The van der Waals surface area contributed by atoms with E-state index in [0.717, 1.165) is 18.2 Å². The first-order chi connectivity index (χ1) is 9.65. The molecule has 0 heterocycles. The number of hydrogen-bond acceptors (Lipinski definition) is 4. The minimum Gasteiger partial charge on any atom is -0.374 e. The lowest BCUT2D eigenvalue weighted by Crippen LogP contribution is -2.49. The van der Waals surface area contributed by atoms with Gasteiger partial charge in [-0.15, -0.1) is 0 Å². The number of anilines is 1. The quantitative estimate of drug-likeness (QED) is 0.525. The summed E-state index contributed by atoms with van der Waals surface area (Å²) in [5.41, 5.74) is 1.03. The smallest absolute Gasteiger partial charge is 0.374 e. The van der Waals surface area contributed by atoms with E-state index < -0.39 is 8.80 Å². The fourth-order valence-corrected chi connectivity index (χ4v) is 4.84. The van der Waals surface area contributed by atoms with Crippen LogP contribution in [0.5, 0.6) is 0 Å². The van der Waals surface area contributed by atoms with Crippen molar-refractivity contribution in [2.75, 3.05) is 18.5 Å². The van der Waals surface area contributed by atoms with Gasteiger partial charge in [0.25, 0.3) is 0 Å². The zero-order valence-corrected chi connectivity index (χ0v) is 14.0. The molecule has 1 atom stereocenters. The van der Waals surface area contributed by atoms with Gasteiger partial charge in [-0.25, -0.2) is 0 Å². The normalized spacial score (nSPS) is 13.2. The molecule has 0 aromatic heterocycles. The third-order valence-corrected chi connectivity index (χ3v) is 6.07. The van der Waals surface area contributed by atoms with Gasteiger partial charge in [0.2, 0.25) is 0 Å². The summed E-state index contributed by atoms with van der Waals surface area (Å²) in [6.45, 7) is 9.31. The van der Waals surface area contributed by atoms with Gasteiger partial charge in [-0.3, -0.25) is 0 Å².